The van der Waals surface area contributed by atoms with Crippen LogP contribution < -0.4 is 7.58 Å². The zero-order chi connectivity index (χ0) is 28.5. The Morgan fingerprint density at radius 3 is 2.26 bits per heavy atom. The van der Waals surface area contributed by atoms with Crippen LogP contribution in [0, 0.1) is 31.6 Å². The molecule has 2 aromatic carbocycles. The Labute approximate surface area is 204 Å². The van der Waals surface area contributed by atoms with Gasteiger partial charge in [-0.3, -0.25) is 4.98 Å². The molecule has 2 radical (unpaired) electrons. The Morgan fingerprint density at radius 1 is 1.03 bits per heavy atom. The second-order valence-electron chi connectivity index (χ2n) is 6.01. The van der Waals surface area contributed by atoms with E-state index in [2.05, 4.69) is 14.8 Å². The third kappa shape index (κ3) is 4.48. The maximum atomic E-state index is 9.48. The number of rotatable bonds is 6. The maximum Gasteiger partial charge on any atom is 0.743 e. The highest BCUT2D eigenvalue weighted by Crippen LogP contribution is 2.31. The lowest BCUT2D eigenvalue weighted by atomic mass is 10.1. The number of benzene rings is 2. The van der Waals surface area contributed by atoms with E-state index >= 15 is 0 Å². The van der Waals surface area contributed by atoms with Crippen LogP contribution in [0.2, 0.25) is 0 Å². The van der Waals surface area contributed by atoms with Crippen molar-refractivity contribution in [2.24, 2.45) is 0 Å². The number of nitriles is 1. The second-order valence-corrected chi connectivity index (χ2v) is 7.95. The normalized spacial score (nSPS) is 14.9. The van der Waals surface area contributed by atoms with E-state index in [0.717, 1.165) is 0 Å². The van der Waals surface area contributed by atoms with Gasteiger partial charge in [-0.05, 0) is 37.9 Å². The molecule has 4 rings (SSSR count). The summed E-state index contributed by atoms with van der Waals surface area (Å²) in [6.45, 7) is 2.24. The minimum atomic E-state index is -2.58. The molecule has 0 spiro atoms. The van der Waals surface area contributed by atoms with Gasteiger partial charge in [-0.2, -0.15) is 5.26 Å². The van der Waals surface area contributed by atoms with Gasteiger partial charge in [0, 0.05) is 30.4 Å². The number of aryl methyl sites for hydroxylation is 2. The Morgan fingerprint density at radius 2 is 1.65 bits per heavy atom. The molecule has 7 nitrogen and oxygen atoms in total. The molecule has 2 heterocycles. The summed E-state index contributed by atoms with van der Waals surface area (Å²) in [5, 5.41) is 10.1. The van der Waals surface area contributed by atoms with Crippen LogP contribution in [0.4, 0.5) is 5.69 Å². The smallest absolute Gasteiger partial charge is 0.626 e. The Kier molecular flexibility index (Phi) is 4.01. The van der Waals surface area contributed by atoms with Gasteiger partial charge in [0.25, 0.3) is 0 Å². The molecule has 31 heavy (non-hydrogen) atoms. The molecular formula is C22H14Al2N4O3. The average molecular weight is 444 g/mol. The summed E-state index contributed by atoms with van der Waals surface area (Å²) >= 11 is -2.60. The standard InChI is InChI=1S/2C11H8N2O.2Al.O/c1-7-6-9(12-2)8-4-3-5-10(14)11(8)13-7;1-7-5-8(6-12)9-3-2-4-10(14)11(9)13-7;;;/h3-6,14H,1H3;2-5,14H,1H3;;;/q;;2*+1;/p-2/i1D3,5D;1D3,4D;;;. The first-order valence-electron chi connectivity index (χ1n) is 12.6. The summed E-state index contributed by atoms with van der Waals surface area (Å²) < 4.78 is 79.1. The van der Waals surface area contributed by atoms with E-state index in [1.807, 2.05) is 6.07 Å². The number of pyridine rings is 2. The molecule has 0 saturated carbocycles. The molecule has 0 fully saturated rings. The Balaban J connectivity index is 1.57. The quantitative estimate of drug-likeness (QED) is 0.250. The van der Waals surface area contributed by atoms with Gasteiger partial charge in [0.2, 0.25) is 0 Å². The minimum absolute atomic E-state index is 0.0373. The molecule has 4 aromatic rings. The van der Waals surface area contributed by atoms with Crippen molar-refractivity contribution >= 4 is 59.3 Å². The van der Waals surface area contributed by atoms with Crippen LogP contribution in [-0.2, 0) is 2.84 Å². The SMILES string of the molecule is [2H]c1ccc2c(C#N)cc(C([2H])([2H])[2H])nc2c1[O][Al][O][Al][O]c1c([2H])ccc2c([N+]#[C-])cc(C([2H])([2H])[2H])nc12. The van der Waals surface area contributed by atoms with Crippen molar-refractivity contribution in [3.05, 3.63) is 76.9 Å². The average Bonchev–Trinajstić information content (AvgIpc) is 2.87. The molecule has 0 N–H and O–H groups in total. The molecule has 0 unspecified atom stereocenters. The molecule has 0 saturated heterocycles. The fraction of sp³-hybridized carbons (Fsp3) is 0.0909. The van der Waals surface area contributed by atoms with Crippen LogP contribution >= 0.6 is 0 Å². The molecular weight excluding hydrogens is 422 g/mol. The van der Waals surface area contributed by atoms with Gasteiger partial charge in [0.1, 0.15) is 17.0 Å². The molecule has 146 valence electrons. The van der Waals surface area contributed by atoms with Gasteiger partial charge < -0.3 is 10.4 Å². The van der Waals surface area contributed by atoms with Crippen molar-refractivity contribution in [1.29, 1.82) is 5.26 Å². The molecule has 9 heteroatoms. The van der Waals surface area contributed by atoms with Gasteiger partial charge in [-0.1, -0.05) is 24.3 Å². The summed E-state index contributed by atoms with van der Waals surface area (Å²) in [5.41, 5.74) is -0.408. The van der Waals surface area contributed by atoms with Crippen LogP contribution in [0.25, 0.3) is 26.7 Å². The zero-order valence-electron chi connectivity index (χ0n) is 23.6. The van der Waals surface area contributed by atoms with Crippen molar-refractivity contribution in [2.75, 3.05) is 0 Å². The summed E-state index contributed by atoms with van der Waals surface area (Å²) in [6, 6.07) is 9.89. The zero-order valence-corrected chi connectivity index (χ0v) is 17.9. The topological polar surface area (TPSA) is 81.6 Å². The van der Waals surface area contributed by atoms with Gasteiger partial charge in [0.15, 0.2) is 5.69 Å². The van der Waals surface area contributed by atoms with Crippen molar-refractivity contribution in [2.45, 2.75) is 13.7 Å². The minimum Gasteiger partial charge on any atom is -0.626 e. The van der Waals surface area contributed by atoms with Crippen LogP contribution in [-0.4, -0.2) is 41.7 Å². The number of nitrogens with zero attached hydrogens (tertiary/aromatic N) is 4. The fourth-order valence-corrected chi connectivity index (χ4v) is 4.03. The Hall–Kier alpha value is -3.14. The van der Waals surface area contributed by atoms with Crippen molar-refractivity contribution in [3.8, 4) is 17.6 Å². The Bertz CT molecular complexity index is 1560. The monoisotopic (exact) mass is 444 g/mol. The predicted molar refractivity (Wildman–Crippen MR) is 118 cm³/mol. The van der Waals surface area contributed by atoms with Gasteiger partial charge in [-0.15, -0.1) is 0 Å². The second kappa shape index (κ2) is 9.34. The van der Waals surface area contributed by atoms with E-state index in [1.54, 1.807) is 0 Å². The van der Waals surface area contributed by atoms with Gasteiger partial charge in [0.05, 0.1) is 26.5 Å². The first-order chi connectivity index (χ1) is 18.3. The van der Waals surface area contributed by atoms with E-state index in [4.69, 9.17) is 28.0 Å². The number of aromatic nitrogens is 2. The lowest BCUT2D eigenvalue weighted by Crippen LogP contribution is -2.16. The third-order valence-corrected chi connectivity index (χ3v) is 5.69. The number of fused-ring (bicyclic) bond motifs is 2. The molecule has 0 aliphatic carbocycles. The van der Waals surface area contributed by atoms with Gasteiger partial charge in [-0.25, -0.2) is 9.83 Å². The first-order valence-corrected chi connectivity index (χ1v) is 10.5. The van der Waals surface area contributed by atoms with E-state index in [0.29, 0.717) is 10.8 Å². The van der Waals surface area contributed by atoms with Crippen LogP contribution in [0.1, 0.15) is 27.9 Å². The summed E-state index contributed by atoms with van der Waals surface area (Å²) in [5.74, 6) is -0.103. The lowest BCUT2D eigenvalue weighted by molar-refractivity contribution is 0.420. The lowest BCUT2D eigenvalue weighted by Gasteiger charge is -2.12. The summed E-state index contributed by atoms with van der Waals surface area (Å²) in [6.07, 6.45) is 0. The molecule has 0 amide bonds. The highest BCUT2D eigenvalue weighted by Gasteiger charge is 2.14. The molecule has 0 bridgehead atoms. The van der Waals surface area contributed by atoms with Crippen molar-refractivity contribution in [3.63, 3.8) is 0 Å². The molecule has 2 aromatic heterocycles. The van der Waals surface area contributed by atoms with Crippen LogP contribution in [0.3, 0.4) is 0 Å². The van der Waals surface area contributed by atoms with Crippen molar-refractivity contribution in [1.82, 2.24) is 9.97 Å². The summed E-state index contributed by atoms with van der Waals surface area (Å²) in [4.78, 5) is 11.6. The number of hydrogen-bond donors (Lipinski definition) is 0. The van der Waals surface area contributed by atoms with Crippen LogP contribution in [0.5, 0.6) is 11.5 Å². The largest absolute Gasteiger partial charge is 0.743 e. The highest BCUT2D eigenvalue weighted by atomic mass is 27.3. The first kappa shape index (κ1) is 13.3. The molecule has 0 aliphatic heterocycles. The highest BCUT2D eigenvalue weighted by molar-refractivity contribution is 6.35. The molecule has 0 aliphatic rings. The number of hydrogen-bond acceptors (Lipinski definition) is 6. The summed E-state index contributed by atoms with van der Waals surface area (Å²) in [7, 11) is 0. The molecule has 0 atom stereocenters. The van der Waals surface area contributed by atoms with Gasteiger partial charge >= 0.3 is 31.8 Å². The predicted octanol–water partition coefficient (Wildman–Crippen LogP) is 4.37. The maximum absolute atomic E-state index is 9.48. The van der Waals surface area contributed by atoms with E-state index in [9.17, 15) is 5.26 Å². The van der Waals surface area contributed by atoms with Crippen LogP contribution in [0.15, 0.2) is 48.5 Å². The van der Waals surface area contributed by atoms with E-state index in [-0.39, 0.29) is 57.3 Å². The van der Waals surface area contributed by atoms with E-state index < -0.39 is 45.5 Å². The number of para-hydroxylation sites is 2. The van der Waals surface area contributed by atoms with E-state index in [1.165, 1.54) is 36.4 Å². The third-order valence-electron chi connectivity index (χ3n) is 4.14. The fourth-order valence-electron chi connectivity index (χ4n) is 2.85. The van der Waals surface area contributed by atoms with Crippen molar-refractivity contribution < 1.29 is 21.4 Å².